The van der Waals surface area contributed by atoms with Gasteiger partial charge in [0.05, 0.1) is 6.04 Å². The summed E-state index contributed by atoms with van der Waals surface area (Å²) in [7, 11) is 0. The quantitative estimate of drug-likeness (QED) is 0.525. The highest BCUT2D eigenvalue weighted by molar-refractivity contribution is 6.01. The Balaban J connectivity index is 4.69. The average molecular weight is 202 g/mol. The van der Waals surface area contributed by atoms with Gasteiger partial charge >= 0.3 is 5.97 Å². The van der Waals surface area contributed by atoms with Crippen molar-refractivity contribution in [3.8, 4) is 0 Å². The minimum atomic E-state index is -1.21. The summed E-state index contributed by atoms with van der Waals surface area (Å²) in [4.78, 5) is 22.3. The van der Waals surface area contributed by atoms with Crippen LogP contribution in [0.15, 0.2) is 0 Å². The van der Waals surface area contributed by atoms with Crippen molar-refractivity contribution in [3.63, 3.8) is 0 Å². The molecule has 14 heavy (non-hydrogen) atoms. The number of nitrogens with two attached hydrogens (primary N) is 2. The molecule has 0 aromatic rings. The normalized spacial score (nSPS) is 17.6. The predicted octanol–water partition coefficient (Wildman–Crippen LogP) is -0.413. The van der Waals surface area contributed by atoms with Crippen LogP contribution in [0.1, 0.15) is 20.8 Å². The zero-order valence-corrected chi connectivity index (χ0v) is 8.73. The van der Waals surface area contributed by atoms with Crippen LogP contribution < -0.4 is 11.5 Å². The van der Waals surface area contributed by atoms with Crippen LogP contribution in [0.5, 0.6) is 0 Å². The van der Waals surface area contributed by atoms with Gasteiger partial charge in [0.1, 0.15) is 5.92 Å². The maximum atomic E-state index is 11.6. The first-order valence-electron chi connectivity index (χ1n) is 4.56. The van der Waals surface area contributed by atoms with Gasteiger partial charge < -0.3 is 16.6 Å². The fraction of sp³-hybridized carbons (Fsp3) is 0.778. The second kappa shape index (κ2) is 5.07. The van der Waals surface area contributed by atoms with E-state index in [0.29, 0.717) is 0 Å². The van der Waals surface area contributed by atoms with E-state index in [1.165, 1.54) is 6.92 Å². The van der Waals surface area contributed by atoms with E-state index in [1.807, 2.05) is 0 Å². The fourth-order valence-corrected chi connectivity index (χ4v) is 1.14. The molecule has 0 saturated heterocycles. The van der Waals surface area contributed by atoms with E-state index in [0.717, 1.165) is 0 Å². The van der Waals surface area contributed by atoms with Crippen molar-refractivity contribution < 1.29 is 14.7 Å². The first kappa shape index (κ1) is 13.1. The summed E-state index contributed by atoms with van der Waals surface area (Å²) >= 11 is 0. The predicted molar refractivity (Wildman–Crippen MR) is 52.6 cm³/mol. The fourth-order valence-electron chi connectivity index (χ4n) is 1.14. The van der Waals surface area contributed by atoms with Crippen molar-refractivity contribution >= 4 is 11.8 Å². The van der Waals surface area contributed by atoms with Gasteiger partial charge in [0, 0.05) is 6.04 Å². The molecule has 5 heteroatoms. The second-order valence-electron chi connectivity index (χ2n) is 3.85. The Hall–Kier alpha value is -0.940. The van der Waals surface area contributed by atoms with Gasteiger partial charge in [-0.1, -0.05) is 13.8 Å². The Morgan fingerprint density at radius 2 is 1.57 bits per heavy atom. The van der Waals surface area contributed by atoms with Gasteiger partial charge in [-0.25, -0.2) is 0 Å². The lowest BCUT2D eigenvalue weighted by molar-refractivity contribution is -0.147. The highest BCUT2D eigenvalue weighted by atomic mass is 16.4. The summed E-state index contributed by atoms with van der Waals surface area (Å²) in [6, 6.07) is -1.48. The largest absolute Gasteiger partial charge is 0.481 e. The molecule has 0 spiro atoms. The highest BCUT2D eigenvalue weighted by Crippen LogP contribution is 2.10. The Morgan fingerprint density at radius 1 is 1.14 bits per heavy atom. The van der Waals surface area contributed by atoms with Gasteiger partial charge in [-0.05, 0) is 12.8 Å². The number of hydrogen-bond donors (Lipinski definition) is 3. The van der Waals surface area contributed by atoms with E-state index in [1.54, 1.807) is 13.8 Å². The van der Waals surface area contributed by atoms with Crippen LogP contribution in [-0.4, -0.2) is 28.9 Å². The maximum absolute atomic E-state index is 11.6. The van der Waals surface area contributed by atoms with Gasteiger partial charge in [-0.15, -0.1) is 0 Å². The summed E-state index contributed by atoms with van der Waals surface area (Å²) in [6.07, 6.45) is 0. The summed E-state index contributed by atoms with van der Waals surface area (Å²) < 4.78 is 0. The molecule has 5 nitrogen and oxygen atoms in total. The number of carbonyl (C=O) groups excluding carboxylic acids is 1. The Kier molecular flexibility index (Phi) is 4.73. The number of rotatable bonds is 5. The third-order valence-electron chi connectivity index (χ3n) is 2.15. The lowest BCUT2D eigenvalue weighted by Gasteiger charge is -2.21. The SMILES string of the molecule is CC(C)C(N)C(=O)C(C(=O)O)C(C)N. The van der Waals surface area contributed by atoms with E-state index in [4.69, 9.17) is 16.6 Å². The van der Waals surface area contributed by atoms with E-state index in [2.05, 4.69) is 0 Å². The van der Waals surface area contributed by atoms with Gasteiger partial charge in [0.25, 0.3) is 0 Å². The van der Waals surface area contributed by atoms with Crippen LogP contribution in [0.2, 0.25) is 0 Å². The van der Waals surface area contributed by atoms with Gasteiger partial charge in [0.2, 0.25) is 0 Å². The Morgan fingerprint density at radius 3 is 1.79 bits per heavy atom. The number of aliphatic carboxylic acids is 1. The highest BCUT2D eigenvalue weighted by Gasteiger charge is 2.34. The summed E-state index contributed by atoms with van der Waals surface area (Å²) in [5, 5.41) is 8.79. The van der Waals surface area contributed by atoms with Crippen LogP contribution >= 0.6 is 0 Å². The average Bonchev–Trinajstić information content (AvgIpc) is 2.01. The van der Waals surface area contributed by atoms with Crippen molar-refractivity contribution in [2.24, 2.45) is 23.3 Å². The minimum Gasteiger partial charge on any atom is -0.481 e. The van der Waals surface area contributed by atoms with Gasteiger partial charge in [0.15, 0.2) is 5.78 Å². The van der Waals surface area contributed by atoms with Crippen molar-refractivity contribution in [1.29, 1.82) is 0 Å². The second-order valence-corrected chi connectivity index (χ2v) is 3.85. The molecule has 0 saturated carbocycles. The minimum absolute atomic E-state index is 0.0805. The molecular weight excluding hydrogens is 184 g/mol. The molecule has 3 unspecified atom stereocenters. The standard InChI is InChI=1S/C9H18N2O3/c1-4(2)7(11)8(12)6(5(3)10)9(13)14/h4-7H,10-11H2,1-3H3,(H,13,14). The first-order chi connectivity index (χ1) is 6.29. The van der Waals surface area contributed by atoms with E-state index >= 15 is 0 Å². The van der Waals surface area contributed by atoms with Crippen molar-refractivity contribution in [3.05, 3.63) is 0 Å². The lowest BCUT2D eigenvalue weighted by Crippen LogP contribution is -2.48. The molecule has 0 amide bonds. The monoisotopic (exact) mass is 202 g/mol. The number of carboxylic acids is 1. The molecule has 0 aliphatic rings. The maximum Gasteiger partial charge on any atom is 0.315 e. The van der Waals surface area contributed by atoms with E-state index < -0.39 is 29.8 Å². The lowest BCUT2D eigenvalue weighted by atomic mass is 9.88. The number of carbonyl (C=O) groups is 2. The number of hydrogen-bond acceptors (Lipinski definition) is 4. The Bertz CT molecular complexity index is 226. The molecule has 5 N–H and O–H groups in total. The summed E-state index contributed by atoms with van der Waals surface area (Å²) in [5.74, 6) is -2.99. The molecular formula is C9H18N2O3. The third kappa shape index (κ3) is 3.08. The van der Waals surface area contributed by atoms with Crippen LogP contribution in [0.25, 0.3) is 0 Å². The third-order valence-corrected chi connectivity index (χ3v) is 2.15. The van der Waals surface area contributed by atoms with Gasteiger partial charge in [-0.3, -0.25) is 9.59 Å². The molecule has 0 rings (SSSR count). The van der Waals surface area contributed by atoms with Crippen molar-refractivity contribution in [2.75, 3.05) is 0 Å². The summed E-state index contributed by atoms with van der Waals surface area (Å²) in [5.41, 5.74) is 11.0. The van der Waals surface area contributed by atoms with Gasteiger partial charge in [-0.2, -0.15) is 0 Å². The van der Waals surface area contributed by atoms with E-state index in [9.17, 15) is 9.59 Å². The summed E-state index contributed by atoms with van der Waals surface area (Å²) in [6.45, 7) is 5.02. The van der Waals surface area contributed by atoms with Crippen LogP contribution in [-0.2, 0) is 9.59 Å². The number of ketones is 1. The molecule has 0 fully saturated rings. The molecule has 3 atom stereocenters. The topological polar surface area (TPSA) is 106 Å². The first-order valence-corrected chi connectivity index (χ1v) is 4.56. The molecule has 0 aliphatic carbocycles. The molecule has 82 valence electrons. The van der Waals surface area contributed by atoms with E-state index in [-0.39, 0.29) is 5.92 Å². The number of Topliss-reactive ketones (excluding diaryl/α,β-unsaturated/α-hetero) is 1. The molecule has 0 aromatic carbocycles. The van der Waals surface area contributed by atoms with Crippen molar-refractivity contribution in [2.45, 2.75) is 32.9 Å². The van der Waals surface area contributed by atoms with Crippen molar-refractivity contribution in [1.82, 2.24) is 0 Å². The van der Waals surface area contributed by atoms with Crippen LogP contribution in [0, 0.1) is 11.8 Å². The number of carboxylic acid groups (broad SMARTS) is 1. The zero-order valence-electron chi connectivity index (χ0n) is 8.73. The zero-order chi connectivity index (χ0) is 11.5. The molecule has 0 aromatic heterocycles. The molecule has 0 radical (unpaired) electrons. The smallest absolute Gasteiger partial charge is 0.315 e. The van der Waals surface area contributed by atoms with Crippen LogP contribution in [0.4, 0.5) is 0 Å². The Labute approximate surface area is 83.5 Å². The molecule has 0 aliphatic heterocycles. The molecule has 0 heterocycles. The molecule has 0 bridgehead atoms. The van der Waals surface area contributed by atoms with Crippen LogP contribution in [0.3, 0.4) is 0 Å².